The molecule has 1 amide bonds. The van der Waals surface area contributed by atoms with Crippen LogP contribution in [0.3, 0.4) is 0 Å². The number of rotatable bonds is 5. The quantitative estimate of drug-likeness (QED) is 0.734. The number of nitrogens with zero attached hydrogens (tertiary/aromatic N) is 1. The molecule has 0 saturated carbocycles. The summed E-state index contributed by atoms with van der Waals surface area (Å²) in [4.78, 5) is 29.3. The minimum absolute atomic E-state index is 0.161. The van der Waals surface area contributed by atoms with E-state index in [9.17, 15) is 9.59 Å². The molecule has 0 radical (unpaired) electrons. The van der Waals surface area contributed by atoms with Crippen LogP contribution in [-0.2, 0) is 0 Å². The number of hydrogen-bond donors (Lipinski definition) is 1. The first kappa shape index (κ1) is 15.6. The number of amides is 1. The van der Waals surface area contributed by atoms with Crippen molar-refractivity contribution in [2.75, 3.05) is 0 Å². The third-order valence-electron chi connectivity index (χ3n) is 3.63. The highest BCUT2D eigenvalue weighted by atomic mass is 16.2. The minimum Gasteiger partial charge on any atom is -0.336 e. The Kier molecular flexibility index (Phi) is 4.77. The lowest BCUT2D eigenvalue weighted by molar-refractivity contribution is 0.0854. The van der Waals surface area contributed by atoms with Gasteiger partial charge in [0.1, 0.15) is 11.7 Å². The zero-order valence-corrected chi connectivity index (χ0v) is 12.9. The maximum Gasteiger partial charge on any atom is 0.270 e. The highest BCUT2D eigenvalue weighted by molar-refractivity contribution is 6.04. The van der Waals surface area contributed by atoms with Crippen molar-refractivity contribution in [1.82, 2.24) is 10.3 Å². The van der Waals surface area contributed by atoms with E-state index >= 15 is 0 Å². The normalized spacial score (nSPS) is 11.5. The number of pyridine rings is 1. The van der Waals surface area contributed by atoms with Gasteiger partial charge in [0.15, 0.2) is 5.78 Å². The topological polar surface area (TPSA) is 59.1 Å². The summed E-state index contributed by atoms with van der Waals surface area (Å²) < 4.78 is 0. The fraction of sp³-hybridized carbons (Fsp3) is 0.0500. The van der Waals surface area contributed by atoms with Gasteiger partial charge in [-0.1, -0.05) is 66.7 Å². The lowest BCUT2D eigenvalue weighted by Gasteiger charge is -2.18. The Balaban J connectivity index is 1.91. The SMILES string of the molecule is O=C(NC(C(=O)c1ccccc1)c1ccccc1)c1ccccn1. The summed E-state index contributed by atoms with van der Waals surface area (Å²) in [6, 6.07) is 22.5. The molecule has 4 heteroatoms. The first-order valence-electron chi connectivity index (χ1n) is 7.62. The number of carbonyl (C=O) groups excluding carboxylic acids is 2. The summed E-state index contributed by atoms with van der Waals surface area (Å²) in [5, 5.41) is 2.80. The van der Waals surface area contributed by atoms with Gasteiger partial charge >= 0.3 is 0 Å². The predicted octanol–water partition coefficient (Wildman–Crippen LogP) is 3.44. The summed E-state index contributed by atoms with van der Waals surface area (Å²) in [6.45, 7) is 0. The second kappa shape index (κ2) is 7.33. The highest BCUT2D eigenvalue weighted by Gasteiger charge is 2.24. The standard InChI is InChI=1S/C20H16N2O2/c23-19(16-11-5-2-6-12-16)18(15-9-3-1-4-10-15)22-20(24)17-13-7-8-14-21-17/h1-14,18H,(H,22,24). The average molecular weight is 316 g/mol. The largest absolute Gasteiger partial charge is 0.336 e. The molecule has 0 aliphatic heterocycles. The van der Waals surface area contributed by atoms with Gasteiger partial charge in [0, 0.05) is 11.8 Å². The van der Waals surface area contributed by atoms with Gasteiger partial charge in [0.2, 0.25) is 0 Å². The minimum atomic E-state index is -0.761. The number of Topliss-reactive ketones (excluding diaryl/α,β-unsaturated/α-hetero) is 1. The summed E-state index contributed by atoms with van der Waals surface area (Å²) in [6.07, 6.45) is 1.55. The van der Waals surface area contributed by atoms with Gasteiger partial charge in [-0.2, -0.15) is 0 Å². The van der Waals surface area contributed by atoms with Crippen LogP contribution < -0.4 is 5.32 Å². The van der Waals surface area contributed by atoms with Crippen molar-refractivity contribution in [3.05, 3.63) is 102 Å². The number of nitrogens with one attached hydrogen (secondary N) is 1. The third kappa shape index (κ3) is 3.55. The Morgan fingerprint density at radius 3 is 2.04 bits per heavy atom. The highest BCUT2D eigenvalue weighted by Crippen LogP contribution is 2.19. The van der Waals surface area contributed by atoms with Crippen molar-refractivity contribution in [2.24, 2.45) is 0 Å². The molecule has 24 heavy (non-hydrogen) atoms. The van der Waals surface area contributed by atoms with Crippen LogP contribution in [0.25, 0.3) is 0 Å². The van der Waals surface area contributed by atoms with Gasteiger partial charge in [-0.25, -0.2) is 0 Å². The molecule has 3 aromatic rings. The van der Waals surface area contributed by atoms with E-state index in [1.54, 1.807) is 48.7 Å². The van der Waals surface area contributed by atoms with E-state index < -0.39 is 6.04 Å². The van der Waals surface area contributed by atoms with E-state index in [0.29, 0.717) is 5.56 Å². The average Bonchev–Trinajstić information content (AvgIpc) is 2.67. The van der Waals surface area contributed by atoms with Crippen molar-refractivity contribution in [1.29, 1.82) is 0 Å². The van der Waals surface area contributed by atoms with Crippen molar-refractivity contribution in [2.45, 2.75) is 6.04 Å². The molecule has 118 valence electrons. The molecular formula is C20H16N2O2. The molecule has 0 spiro atoms. The Bertz CT molecular complexity index is 818. The third-order valence-corrected chi connectivity index (χ3v) is 3.63. The van der Waals surface area contributed by atoms with E-state index in [1.807, 2.05) is 36.4 Å². The fourth-order valence-electron chi connectivity index (χ4n) is 2.42. The van der Waals surface area contributed by atoms with Crippen LogP contribution in [0.1, 0.15) is 32.5 Å². The number of aromatic nitrogens is 1. The first-order valence-corrected chi connectivity index (χ1v) is 7.62. The molecule has 1 heterocycles. The van der Waals surface area contributed by atoms with E-state index in [4.69, 9.17) is 0 Å². The molecule has 1 aromatic heterocycles. The van der Waals surface area contributed by atoms with Gasteiger partial charge in [-0.05, 0) is 17.7 Å². The van der Waals surface area contributed by atoms with Crippen molar-refractivity contribution < 1.29 is 9.59 Å². The van der Waals surface area contributed by atoms with Gasteiger partial charge < -0.3 is 5.32 Å². The number of benzene rings is 2. The molecule has 3 rings (SSSR count). The number of carbonyl (C=O) groups is 2. The first-order chi connectivity index (χ1) is 11.8. The van der Waals surface area contributed by atoms with E-state index in [2.05, 4.69) is 10.3 Å². The molecule has 4 nitrogen and oxygen atoms in total. The van der Waals surface area contributed by atoms with E-state index in [0.717, 1.165) is 5.56 Å². The maximum absolute atomic E-state index is 12.9. The van der Waals surface area contributed by atoms with Gasteiger partial charge in [0.05, 0.1) is 0 Å². The lowest BCUT2D eigenvalue weighted by Crippen LogP contribution is -2.34. The Labute approximate surface area is 140 Å². The van der Waals surface area contributed by atoms with E-state index in [-0.39, 0.29) is 17.4 Å². The van der Waals surface area contributed by atoms with Crippen LogP contribution in [-0.4, -0.2) is 16.7 Å². The van der Waals surface area contributed by atoms with Gasteiger partial charge in [0.25, 0.3) is 5.91 Å². The van der Waals surface area contributed by atoms with Crippen molar-refractivity contribution in [3.63, 3.8) is 0 Å². The van der Waals surface area contributed by atoms with Crippen LogP contribution in [0.15, 0.2) is 85.1 Å². The Morgan fingerprint density at radius 1 is 0.792 bits per heavy atom. The van der Waals surface area contributed by atoms with Crippen LogP contribution >= 0.6 is 0 Å². The van der Waals surface area contributed by atoms with Crippen molar-refractivity contribution >= 4 is 11.7 Å². The second-order valence-electron chi connectivity index (χ2n) is 5.26. The second-order valence-corrected chi connectivity index (χ2v) is 5.26. The zero-order chi connectivity index (χ0) is 16.8. The molecular weight excluding hydrogens is 300 g/mol. The molecule has 1 unspecified atom stereocenters. The van der Waals surface area contributed by atoms with Gasteiger partial charge in [-0.3, -0.25) is 14.6 Å². The summed E-state index contributed by atoms with van der Waals surface area (Å²) in [7, 11) is 0. The van der Waals surface area contributed by atoms with Crippen LogP contribution in [0.2, 0.25) is 0 Å². The monoisotopic (exact) mass is 316 g/mol. The molecule has 2 aromatic carbocycles. The molecule has 1 N–H and O–H groups in total. The number of ketones is 1. The molecule has 0 fully saturated rings. The van der Waals surface area contributed by atoms with Crippen LogP contribution in [0.5, 0.6) is 0 Å². The smallest absolute Gasteiger partial charge is 0.270 e. The molecule has 1 atom stereocenters. The molecule has 0 aliphatic rings. The molecule has 0 bridgehead atoms. The molecule has 0 saturated heterocycles. The fourth-order valence-corrected chi connectivity index (χ4v) is 2.42. The Hall–Kier alpha value is -3.27. The predicted molar refractivity (Wildman–Crippen MR) is 91.7 cm³/mol. The maximum atomic E-state index is 12.9. The zero-order valence-electron chi connectivity index (χ0n) is 12.9. The summed E-state index contributed by atoms with van der Waals surface area (Å²) >= 11 is 0. The van der Waals surface area contributed by atoms with Gasteiger partial charge in [-0.15, -0.1) is 0 Å². The summed E-state index contributed by atoms with van der Waals surface area (Å²) in [5.41, 5.74) is 1.56. The Morgan fingerprint density at radius 2 is 1.42 bits per heavy atom. The van der Waals surface area contributed by atoms with Crippen LogP contribution in [0.4, 0.5) is 0 Å². The summed E-state index contributed by atoms with van der Waals surface area (Å²) in [5.74, 6) is -0.542. The van der Waals surface area contributed by atoms with Crippen LogP contribution in [0, 0.1) is 0 Å². The lowest BCUT2D eigenvalue weighted by atomic mass is 9.97. The number of hydrogen-bond acceptors (Lipinski definition) is 3. The molecule has 0 aliphatic carbocycles. The van der Waals surface area contributed by atoms with Crippen molar-refractivity contribution in [3.8, 4) is 0 Å². The van der Waals surface area contributed by atoms with E-state index in [1.165, 1.54) is 0 Å².